The van der Waals surface area contributed by atoms with Gasteiger partial charge in [-0.05, 0) is 25.1 Å². The number of nitrogen functional groups attached to an aromatic ring is 1. The molecular weight excluding hydrogens is 282 g/mol. The van der Waals surface area contributed by atoms with Crippen molar-refractivity contribution in [3.63, 3.8) is 0 Å². The van der Waals surface area contributed by atoms with Gasteiger partial charge in [-0.15, -0.1) is 0 Å². The van der Waals surface area contributed by atoms with Gasteiger partial charge in [0.15, 0.2) is 0 Å². The molecule has 0 bridgehead atoms. The first-order valence-electron chi connectivity index (χ1n) is 6.26. The summed E-state index contributed by atoms with van der Waals surface area (Å²) in [5, 5.41) is 0.571. The number of carbonyl (C=O) groups excluding carboxylic acids is 1. The zero-order valence-electron chi connectivity index (χ0n) is 11.1. The first-order chi connectivity index (χ1) is 9.61. The number of esters is 1. The van der Waals surface area contributed by atoms with Crippen molar-refractivity contribution in [1.82, 2.24) is 9.55 Å². The number of rotatable bonds is 6. The molecule has 0 atom stereocenters. The van der Waals surface area contributed by atoms with Crippen LogP contribution in [-0.4, -0.2) is 35.3 Å². The van der Waals surface area contributed by atoms with Gasteiger partial charge in [-0.1, -0.05) is 11.6 Å². The van der Waals surface area contributed by atoms with E-state index in [1.54, 1.807) is 22.8 Å². The molecule has 1 aromatic carbocycles. The van der Waals surface area contributed by atoms with E-state index in [9.17, 15) is 4.79 Å². The SMILES string of the molecule is CCOCCOC(=O)Cn1c(N)nc2cc(Cl)ccc21. The van der Waals surface area contributed by atoms with Crippen LogP contribution in [0.3, 0.4) is 0 Å². The Labute approximate surface area is 121 Å². The first-order valence-corrected chi connectivity index (χ1v) is 6.64. The van der Waals surface area contributed by atoms with Gasteiger partial charge in [0, 0.05) is 11.6 Å². The highest BCUT2D eigenvalue weighted by molar-refractivity contribution is 6.31. The van der Waals surface area contributed by atoms with E-state index in [-0.39, 0.29) is 25.1 Å². The Bertz CT molecular complexity index is 612. The Kier molecular flexibility index (Phi) is 4.81. The molecule has 0 fully saturated rings. The summed E-state index contributed by atoms with van der Waals surface area (Å²) in [6, 6.07) is 5.20. The first kappa shape index (κ1) is 14.6. The fourth-order valence-corrected chi connectivity index (χ4v) is 1.99. The maximum atomic E-state index is 11.7. The molecule has 0 aliphatic rings. The second-order valence-electron chi connectivity index (χ2n) is 4.11. The topological polar surface area (TPSA) is 79.4 Å². The molecule has 2 rings (SSSR count). The average molecular weight is 298 g/mol. The number of imidazole rings is 1. The summed E-state index contributed by atoms with van der Waals surface area (Å²) in [6.07, 6.45) is 0. The van der Waals surface area contributed by atoms with E-state index in [0.717, 1.165) is 5.52 Å². The van der Waals surface area contributed by atoms with Gasteiger partial charge >= 0.3 is 5.97 Å². The molecule has 0 aliphatic heterocycles. The lowest BCUT2D eigenvalue weighted by molar-refractivity contribution is -0.145. The van der Waals surface area contributed by atoms with Crippen LogP contribution in [0, 0.1) is 0 Å². The molecule has 1 aromatic heterocycles. The zero-order chi connectivity index (χ0) is 14.5. The maximum absolute atomic E-state index is 11.7. The number of aromatic nitrogens is 2. The molecule has 0 saturated carbocycles. The van der Waals surface area contributed by atoms with E-state index >= 15 is 0 Å². The normalized spacial score (nSPS) is 10.9. The zero-order valence-corrected chi connectivity index (χ0v) is 11.9. The predicted molar refractivity (Wildman–Crippen MR) is 76.6 cm³/mol. The molecule has 108 valence electrons. The third-order valence-corrected chi connectivity index (χ3v) is 2.96. The van der Waals surface area contributed by atoms with Crippen LogP contribution in [0.5, 0.6) is 0 Å². The number of nitrogens with two attached hydrogens (primary N) is 1. The second-order valence-corrected chi connectivity index (χ2v) is 4.54. The minimum atomic E-state index is -0.384. The van der Waals surface area contributed by atoms with Gasteiger partial charge in [0.2, 0.25) is 5.95 Å². The van der Waals surface area contributed by atoms with Crippen molar-refractivity contribution in [3.05, 3.63) is 23.2 Å². The number of fused-ring (bicyclic) bond motifs is 1. The van der Waals surface area contributed by atoms with Crippen molar-refractivity contribution < 1.29 is 14.3 Å². The summed E-state index contributed by atoms with van der Waals surface area (Å²) in [6.45, 7) is 3.10. The lowest BCUT2D eigenvalue weighted by Crippen LogP contribution is -2.17. The van der Waals surface area contributed by atoms with Crippen LogP contribution < -0.4 is 5.73 Å². The van der Waals surface area contributed by atoms with Crippen molar-refractivity contribution in [1.29, 1.82) is 0 Å². The molecule has 0 unspecified atom stereocenters. The molecule has 20 heavy (non-hydrogen) atoms. The van der Waals surface area contributed by atoms with Crippen LogP contribution in [0.2, 0.25) is 5.02 Å². The summed E-state index contributed by atoms with van der Waals surface area (Å²) >= 11 is 5.89. The van der Waals surface area contributed by atoms with Gasteiger partial charge in [0.1, 0.15) is 13.2 Å². The van der Waals surface area contributed by atoms with Crippen LogP contribution >= 0.6 is 11.6 Å². The fraction of sp³-hybridized carbons (Fsp3) is 0.385. The number of hydrogen-bond donors (Lipinski definition) is 1. The summed E-state index contributed by atoms with van der Waals surface area (Å²) < 4.78 is 11.7. The van der Waals surface area contributed by atoms with Gasteiger partial charge in [-0.2, -0.15) is 0 Å². The van der Waals surface area contributed by atoms with Gasteiger partial charge in [0.25, 0.3) is 0 Å². The summed E-state index contributed by atoms with van der Waals surface area (Å²) in [4.78, 5) is 15.9. The van der Waals surface area contributed by atoms with Crippen molar-refractivity contribution in [2.75, 3.05) is 25.6 Å². The molecule has 0 aliphatic carbocycles. The number of benzene rings is 1. The molecule has 0 spiro atoms. The van der Waals surface area contributed by atoms with Crippen molar-refractivity contribution in [2.24, 2.45) is 0 Å². The average Bonchev–Trinajstić information content (AvgIpc) is 2.70. The smallest absolute Gasteiger partial charge is 0.326 e. The summed E-state index contributed by atoms with van der Waals surface area (Å²) in [5.41, 5.74) is 7.20. The monoisotopic (exact) mass is 297 g/mol. The molecule has 6 nitrogen and oxygen atoms in total. The number of halogens is 1. The molecule has 7 heteroatoms. The number of carbonyl (C=O) groups is 1. The Morgan fingerprint density at radius 3 is 3.00 bits per heavy atom. The molecule has 2 aromatic rings. The van der Waals surface area contributed by atoms with Gasteiger partial charge in [-0.25, -0.2) is 4.98 Å². The Morgan fingerprint density at radius 1 is 1.45 bits per heavy atom. The molecule has 1 heterocycles. The van der Waals surface area contributed by atoms with E-state index in [4.69, 9.17) is 26.8 Å². The van der Waals surface area contributed by atoms with Gasteiger partial charge < -0.3 is 15.2 Å². The van der Waals surface area contributed by atoms with Crippen molar-refractivity contribution >= 4 is 34.6 Å². The Balaban J connectivity index is 2.05. The minimum Gasteiger partial charge on any atom is -0.462 e. The van der Waals surface area contributed by atoms with E-state index in [0.29, 0.717) is 23.8 Å². The van der Waals surface area contributed by atoms with Crippen LogP contribution in [-0.2, 0) is 20.8 Å². The lowest BCUT2D eigenvalue weighted by atomic mass is 10.3. The third kappa shape index (κ3) is 3.40. The lowest BCUT2D eigenvalue weighted by Gasteiger charge is -2.07. The number of nitrogens with zero attached hydrogens (tertiary/aromatic N) is 2. The molecule has 0 amide bonds. The standard InChI is InChI=1S/C13H16ClN3O3/c1-2-19-5-6-20-12(18)8-17-11-4-3-9(14)7-10(11)16-13(17)15/h3-4,7H,2,5-6,8H2,1H3,(H2,15,16). The second kappa shape index (κ2) is 6.58. The fourth-order valence-electron chi connectivity index (χ4n) is 1.82. The summed E-state index contributed by atoms with van der Waals surface area (Å²) in [7, 11) is 0. The number of hydrogen-bond acceptors (Lipinski definition) is 5. The molecule has 0 radical (unpaired) electrons. The third-order valence-electron chi connectivity index (χ3n) is 2.72. The van der Waals surface area contributed by atoms with Crippen LogP contribution in [0.1, 0.15) is 6.92 Å². The highest BCUT2D eigenvalue weighted by atomic mass is 35.5. The highest BCUT2D eigenvalue weighted by Crippen LogP contribution is 2.21. The molecule has 0 saturated heterocycles. The van der Waals surface area contributed by atoms with E-state index in [2.05, 4.69) is 4.98 Å². The number of anilines is 1. The van der Waals surface area contributed by atoms with Crippen LogP contribution in [0.15, 0.2) is 18.2 Å². The van der Waals surface area contributed by atoms with Gasteiger partial charge in [0.05, 0.1) is 17.6 Å². The number of ether oxygens (including phenoxy) is 2. The van der Waals surface area contributed by atoms with E-state index in [1.807, 2.05) is 6.92 Å². The quantitative estimate of drug-likeness (QED) is 0.650. The van der Waals surface area contributed by atoms with Gasteiger partial charge in [-0.3, -0.25) is 9.36 Å². The van der Waals surface area contributed by atoms with Crippen molar-refractivity contribution in [2.45, 2.75) is 13.5 Å². The van der Waals surface area contributed by atoms with Crippen LogP contribution in [0.4, 0.5) is 5.95 Å². The van der Waals surface area contributed by atoms with Crippen LogP contribution in [0.25, 0.3) is 11.0 Å². The minimum absolute atomic E-state index is 0.0100. The summed E-state index contributed by atoms with van der Waals surface area (Å²) in [5.74, 6) is -0.130. The largest absolute Gasteiger partial charge is 0.462 e. The molecule has 2 N–H and O–H groups in total. The predicted octanol–water partition coefficient (Wildman–Crippen LogP) is 1.85. The Morgan fingerprint density at radius 2 is 2.25 bits per heavy atom. The highest BCUT2D eigenvalue weighted by Gasteiger charge is 2.12. The van der Waals surface area contributed by atoms with E-state index < -0.39 is 0 Å². The maximum Gasteiger partial charge on any atom is 0.326 e. The van der Waals surface area contributed by atoms with E-state index in [1.165, 1.54) is 0 Å². The van der Waals surface area contributed by atoms with Crippen molar-refractivity contribution in [3.8, 4) is 0 Å². The molecular formula is C13H16ClN3O3. The Hall–Kier alpha value is -1.79.